The van der Waals surface area contributed by atoms with Crippen LogP contribution in [-0.2, 0) is 11.2 Å². The van der Waals surface area contributed by atoms with Gasteiger partial charge in [0.2, 0.25) is 6.41 Å². The zero-order valence-electron chi connectivity index (χ0n) is 7.49. The Morgan fingerprint density at radius 3 is 3.15 bits per heavy atom. The van der Waals surface area contributed by atoms with E-state index in [0.29, 0.717) is 0 Å². The van der Waals surface area contributed by atoms with Gasteiger partial charge >= 0.3 is 0 Å². The molecule has 0 saturated heterocycles. The summed E-state index contributed by atoms with van der Waals surface area (Å²) < 4.78 is 0. The summed E-state index contributed by atoms with van der Waals surface area (Å²) in [5, 5.41) is 2.86. The molecule has 13 heavy (non-hydrogen) atoms. The number of amides is 1. The van der Waals surface area contributed by atoms with Crippen LogP contribution in [0.5, 0.6) is 0 Å². The number of nitrogens with one attached hydrogen (secondary N) is 1. The number of fused-ring (bicyclic) bond motifs is 1. The predicted octanol–water partition coefficient (Wildman–Crippen LogP) is 2.06. The highest BCUT2D eigenvalue weighted by Crippen LogP contribution is 2.28. The molecule has 0 fully saturated rings. The predicted molar refractivity (Wildman–Crippen MR) is 53.4 cm³/mol. The van der Waals surface area contributed by atoms with Crippen LogP contribution in [0, 0.1) is 0 Å². The standard InChI is InChI=1S/C11H13NO.H2/c13-8-12-11-7-3-5-9-4-1-2-6-10(9)11;/h1-2,4,6,8,11H,3,5,7H2,(H,12,13);1H/t11-;/m0./s1. The SMILES string of the molecule is O=CN[C@H]1CCCc2ccccc21.[HH]. The van der Waals surface area contributed by atoms with Crippen LogP contribution >= 0.6 is 0 Å². The molecule has 1 aromatic carbocycles. The molecule has 0 aliphatic heterocycles. The summed E-state index contributed by atoms with van der Waals surface area (Å²) in [7, 11) is 0. The van der Waals surface area contributed by atoms with Gasteiger partial charge in [0, 0.05) is 1.43 Å². The van der Waals surface area contributed by atoms with E-state index in [1.807, 2.05) is 6.07 Å². The summed E-state index contributed by atoms with van der Waals surface area (Å²) >= 11 is 0. The molecule has 0 radical (unpaired) electrons. The zero-order chi connectivity index (χ0) is 9.10. The molecule has 1 aliphatic rings. The Kier molecular flexibility index (Phi) is 2.30. The van der Waals surface area contributed by atoms with Gasteiger partial charge in [-0.2, -0.15) is 0 Å². The number of benzene rings is 1. The number of rotatable bonds is 2. The Morgan fingerprint density at radius 2 is 2.31 bits per heavy atom. The van der Waals surface area contributed by atoms with Crippen molar-refractivity contribution in [2.45, 2.75) is 25.3 Å². The number of aryl methyl sites for hydroxylation is 1. The third kappa shape index (κ3) is 1.57. The van der Waals surface area contributed by atoms with Crippen molar-refractivity contribution in [2.24, 2.45) is 0 Å². The summed E-state index contributed by atoms with van der Waals surface area (Å²) in [5.41, 5.74) is 2.67. The Bertz CT molecular complexity index is 314. The Hall–Kier alpha value is -1.31. The third-order valence-electron chi connectivity index (χ3n) is 2.64. The Balaban J connectivity index is 0.000000980. The van der Waals surface area contributed by atoms with E-state index in [-0.39, 0.29) is 7.47 Å². The lowest BCUT2D eigenvalue weighted by molar-refractivity contribution is -0.110. The van der Waals surface area contributed by atoms with Crippen LogP contribution in [0.2, 0.25) is 0 Å². The van der Waals surface area contributed by atoms with Gasteiger partial charge in [0.15, 0.2) is 0 Å². The van der Waals surface area contributed by atoms with Crippen molar-refractivity contribution in [1.82, 2.24) is 5.32 Å². The monoisotopic (exact) mass is 177 g/mol. The number of hydrogen-bond donors (Lipinski definition) is 1. The first-order chi connectivity index (χ1) is 6.42. The van der Waals surface area contributed by atoms with Crippen LogP contribution < -0.4 is 5.32 Å². The largest absolute Gasteiger partial charge is 0.352 e. The molecule has 2 rings (SSSR count). The first-order valence-corrected chi connectivity index (χ1v) is 4.69. The van der Waals surface area contributed by atoms with Gasteiger partial charge in [0.1, 0.15) is 0 Å². The van der Waals surface area contributed by atoms with Gasteiger partial charge in [-0.1, -0.05) is 24.3 Å². The molecule has 0 spiro atoms. The second-order valence-corrected chi connectivity index (χ2v) is 3.43. The Morgan fingerprint density at radius 1 is 1.46 bits per heavy atom. The molecule has 0 heterocycles. The van der Waals surface area contributed by atoms with Crippen molar-refractivity contribution < 1.29 is 6.22 Å². The minimum absolute atomic E-state index is 0. The Labute approximate surface area is 79.4 Å². The van der Waals surface area contributed by atoms with Gasteiger partial charge in [-0.15, -0.1) is 0 Å². The molecule has 70 valence electrons. The third-order valence-corrected chi connectivity index (χ3v) is 2.64. The van der Waals surface area contributed by atoms with Crippen LogP contribution in [-0.4, -0.2) is 6.41 Å². The molecule has 1 atom stereocenters. The average Bonchev–Trinajstić information content (AvgIpc) is 2.19. The first-order valence-electron chi connectivity index (χ1n) is 4.69. The maximum absolute atomic E-state index is 10.4. The first kappa shape index (κ1) is 8.30. The van der Waals surface area contributed by atoms with Crippen LogP contribution in [0.25, 0.3) is 0 Å². The van der Waals surface area contributed by atoms with Gasteiger partial charge in [-0.3, -0.25) is 4.79 Å². The molecule has 2 nitrogen and oxygen atoms in total. The van der Waals surface area contributed by atoms with E-state index >= 15 is 0 Å². The number of carbonyl (C=O) groups is 1. The highest BCUT2D eigenvalue weighted by Gasteiger charge is 2.18. The van der Waals surface area contributed by atoms with E-state index in [1.54, 1.807) is 0 Å². The van der Waals surface area contributed by atoms with Gasteiger partial charge < -0.3 is 5.32 Å². The molecule has 0 bridgehead atoms. The van der Waals surface area contributed by atoms with Crippen molar-refractivity contribution in [3.8, 4) is 0 Å². The molecule has 0 aromatic heterocycles. The lowest BCUT2D eigenvalue weighted by Crippen LogP contribution is -2.23. The maximum atomic E-state index is 10.4. The molecule has 0 saturated carbocycles. The maximum Gasteiger partial charge on any atom is 0.207 e. The summed E-state index contributed by atoms with van der Waals surface area (Å²) in [5.74, 6) is 0. The zero-order valence-corrected chi connectivity index (χ0v) is 7.49. The normalized spacial score (nSPS) is 20.5. The van der Waals surface area contributed by atoms with Crippen LogP contribution in [0.3, 0.4) is 0 Å². The molecular weight excluding hydrogens is 162 g/mol. The fraction of sp³-hybridized carbons (Fsp3) is 0.364. The second-order valence-electron chi connectivity index (χ2n) is 3.43. The smallest absolute Gasteiger partial charge is 0.207 e. The topological polar surface area (TPSA) is 29.1 Å². The van der Waals surface area contributed by atoms with Crippen molar-refractivity contribution in [3.63, 3.8) is 0 Å². The minimum Gasteiger partial charge on any atom is -0.352 e. The summed E-state index contributed by atoms with van der Waals surface area (Å²) in [6.45, 7) is 0. The summed E-state index contributed by atoms with van der Waals surface area (Å²) in [6.07, 6.45) is 4.18. The highest BCUT2D eigenvalue weighted by atomic mass is 16.1. The molecule has 0 unspecified atom stereocenters. The lowest BCUT2D eigenvalue weighted by Gasteiger charge is -2.24. The molecule has 1 N–H and O–H groups in total. The quantitative estimate of drug-likeness (QED) is 0.688. The number of hydrogen-bond acceptors (Lipinski definition) is 1. The van der Waals surface area contributed by atoms with Crippen molar-refractivity contribution in [2.75, 3.05) is 0 Å². The van der Waals surface area contributed by atoms with Gasteiger partial charge in [-0.05, 0) is 30.4 Å². The molecule has 1 amide bonds. The van der Waals surface area contributed by atoms with Crippen LogP contribution in [0.4, 0.5) is 0 Å². The van der Waals surface area contributed by atoms with E-state index in [4.69, 9.17) is 0 Å². The highest BCUT2D eigenvalue weighted by molar-refractivity contribution is 5.48. The summed E-state index contributed by atoms with van der Waals surface area (Å²) in [4.78, 5) is 10.4. The van der Waals surface area contributed by atoms with Crippen LogP contribution in [0.1, 0.15) is 31.4 Å². The number of carbonyl (C=O) groups excluding carboxylic acids is 1. The van der Waals surface area contributed by atoms with Crippen LogP contribution in [0.15, 0.2) is 24.3 Å². The van der Waals surface area contributed by atoms with Gasteiger partial charge in [0.05, 0.1) is 6.04 Å². The van der Waals surface area contributed by atoms with E-state index in [0.717, 1.165) is 19.3 Å². The van der Waals surface area contributed by atoms with Gasteiger partial charge in [0.25, 0.3) is 0 Å². The fourth-order valence-electron chi connectivity index (χ4n) is 2.01. The van der Waals surface area contributed by atoms with Crippen molar-refractivity contribution in [1.29, 1.82) is 0 Å². The molecular formula is C11H15NO. The van der Waals surface area contributed by atoms with E-state index < -0.39 is 0 Å². The fourth-order valence-corrected chi connectivity index (χ4v) is 2.01. The molecule has 1 aromatic rings. The molecule has 2 heteroatoms. The van der Waals surface area contributed by atoms with Crippen molar-refractivity contribution >= 4 is 6.41 Å². The van der Waals surface area contributed by atoms with E-state index in [1.165, 1.54) is 17.5 Å². The van der Waals surface area contributed by atoms with E-state index in [2.05, 4.69) is 23.5 Å². The van der Waals surface area contributed by atoms with Gasteiger partial charge in [-0.25, -0.2) is 0 Å². The molecule has 1 aliphatic carbocycles. The second kappa shape index (κ2) is 3.60. The average molecular weight is 177 g/mol. The van der Waals surface area contributed by atoms with Crippen molar-refractivity contribution in [3.05, 3.63) is 35.4 Å². The summed E-state index contributed by atoms with van der Waals surface area (Å²) in [6, 6.07) is 8.58. The lowest BCUT2D eigenvalue weighted by atomic mass is 9.88. The minimum atomic E-state index is 0. The van der Waals surface area contributed by atoms with E-state index in [9.17, 15) is 4.79 Å².